The number of carboxylic acid groups (broad SMARTS) is 1. The van der Waals surface area contributed by atoms with Gasteiger partial charge in [0, 0.05) is 64.7 Å². The van der Waals surface area contributed by atoms with Crippen LogP contribution in [0.1, 0.15) is 6.92 Å². The van der Waals surface area contributed by atoms with E-state index >= 15 is 0 Å². The van der Waals surface area contributed by atoms with Gasteiger partial charge >= 0.3 is 5.97 Å². The van der Waals surface area contributed by atoms with Gasteiger partial charge in [-0.05, 0) is 6.92 Å². The molecule has 0 atom stereocenters. The van der Waals surface area contributed by atoms with Crippen LogP contribution in [0.4, 0.5) is 0 Å². The van der Waals surface area contributed by atoms with Crippen LogP contribution in [0.25, 0.3) is 0 Å². The van der Waals surface area contributed by atoms with E-state index in [1.54, 1.807) is 0 Å². The van der Waals surface area contributed by atoms with Gasteiger partial charge in [0.05, 0.1) is 0 Å². The zero-order valence-corrected chi connectivity index (χ0v) is 12.1. The fraction of sp³-hybridized carbons (Fsp3) is 0.250. The summed E-state index contributed by atoms with van der Waals surface area (Å²) in [6.07, 6.45) is 0. The summed E-state index contributed by atoms with van der Waals surface area (Å²) in [6.45, 7) is 4.60. The molecule has 5 nitrogen and oxygen atoms in total. The van der Waals surface area contributed by atoms with Crippen LogP contribution in [0, 0.1) is 0 Å². The molecule has 0 saturated heterocycles. The van der Waals surface area contributed by atoms with E-state index in [-0.39, 0.29) is 64.7 Å². The van der Waals surface area contributed by atoms with Gasteiger partial charge in [-0.2, -0.15) is 4.21 Å². The average Bonchev–Trinajstić information content (AvgIpc) is 1.63. The van der Waals surface area contributed by atoms with Gasteiger partial charge in [0.1, 0.15) is 0 Å². The molecule has 0 bridgehead atoms. The zero-order valence-electron chi connectivity index (χ0n) is 7.27. The van der Waals surface area contributed by atoms with E-state index in [9.17, 15) is 4.79 Å². The first-order valence-electron chi connectivity index (χ1n) is 2.06. The smallest absolute Gasteiger partial charge is 0.330 e. The van der Waals surface area contributed by atoms with E-state index in [4.69, 9.17) is 18.4 Å². The number of carbonyl (C=O) groups is 1. The van der Waals surface area contributed by atoms with Crippen molar-refractivity contribution in [3.05, 3.63) is 12.2 Å². The Morgan fingerprint density at radius 2 is 1.42 bits per heavy atom. The molecule has 0 aromatic carbocycles. The molecule has 0 spiro atoms. The van der Waals surface area contributed by atoms with Gasteiger partial charge in [-0.3, -0.25) is 9.11 Å². The molecule has 62 valence electrons. The summed E-state index contributed by atoms with van der Waals surface area (Å²) in [4.78, 5) is 9.60. The van der Waals surface area contributed by atoms with Crippen molar-refractivity contribution < 1.29 is 23.2 Å². The van der Waals surface area contributed by atoms with E-state index in [1.807, 2.05) is 0 Å². The van der Waals surface area contributed by atoms with Crippen molar-refractivity contribution in [1.82, 2.24) is 0 Å². The summed E-state index contributed by atoms with van der Waals surface area (Å²) < 4.78 is 22.8. The second kappa shape index (κ2) is 14.8. The van der Waals surface area contributed by atoms with Crippen molar-refractivity contribution >= 4 is 76.4 Å². The third-order valence-electron chi connectivity index (χ3n) is 0.365. The molecule has 8 heteroatoms. The van der Waals surface area contributed by atoms with Crippen LogP contribution >= 0.6 is 0 Å². The Balaban J connectivity index is -0.0000000483. The summed E-state index contributed by atoms with van der Waals surface area (Å²) >= 11 is -2.61. The summed E-state index contributed by atoms with van der Waals surface area (Å²) in [5.74, 6) is -0.935. The first-order chi connectivity index (χ1) is 4.37. The number of rotatable bonds is 1. The summed E-state index contributed by atoms with van der Waals surface area (Å²) in [7, 11) is 0. The van der Waals surface area contributed by atoms with E-state index in [0.717, 1.165) is 0 Å². The molecule has 0 fully saturated rings. The molecule has 0 aliphatic rings. The Bertz CT molecular complexity index is 144. The van der Waals surface area contributed by atoms with Gasteiger partial charge < -0.3 is 5.11 Å². The molecule has 0 aromatic rings. The van der Waals surface area contributed by atoms with Crippen molar-refractivity contribution in [2.45, 2.75) is 6.92 Å². The Morgan fingerprint density at radius 3 is 1.42 bits per heavy atom. The van der Waals surface area contributed by atoms with Crippen molar-refractivity contribution in [1.29, 1.82) is 0 Å². The predicted octanol–water partition coefficient (Wildman–Crippen LogP) is -0.433. The maximum Gasteiger partial charge on any atom is 0.330 e. The van der Waals surface area contributed by atoms with Crippen LogP contribution in [0.2, 0.25) is 0 Å². The van der Waals surface area contributed by atoms with Crippen LogP contribution in [-0.2, 0) is 16.2 Å². The quantitative estimate of drug-likeness (QED) is 0.312. The summed E-state index contributed by atoms with van der Waals surface area (Å²) in [5.41, 5.74) is 0.176. The second-order valence-corrected chi connectivity index (χ2v) is 1.78. The van der Waals surface area contributed by atoms with Gasteiger partial charge in [0.15, 0.2) is 0 Å². The maximum absolute atomic E-state index is 9.60. The van der Waals surface area contributed by atoms with Crippen LogP contribution in [0.3, 0.4) is 0 Å². The minimum atomic E-state index is -2.61. The van der Waals surface area contributed by atoms with E-state index in [2.05, 4.69) is 6.58 Å². The third-order valence-corrected chi connectivity index (χ3v) is 0.365. The van der Waals surface area contributed by atoms with E-state index < -0.39 is 17.3 Å². The predicted molar refractivity (Wildman–Crippen MR) is 47.4 cm³/mol. The largest absolute Gasteiger partial charge is 0.478 e. The molecule has 0 amide bonds. The normalized spacial score (nSPS) is 6.67. The molecule has 0 unspecified atom stereocenters. The molecule has 0 aromatic heterocycles. The van der Waals surface area contributed by atoms with Gasteiger partial charge in [-0.15, -0.1) is 0 Å². The number of carboxylic acids is 1. The Hall–Kier alpha value is 1.28. The monoisotopic (exact) mass is 214 g/mol. The first-order valence-corrected chi connectivity index (χ1v) is 3.13. The molecular formula is C4H8Na2O5S. The second-order valence-electron chi connectivity index (χ2n) is 1.32. The molecule has 12 heavy (non-hydrogen) atoms. The zero-order chi connectivity index (χ0) is 8.73. The first kappa shape index (κ1) is 23.3. The maximum atomic E-state index is 9.60. The topological polar surface area (TPSA) is 94.8 Å². The van der Waals surface area contributed by atoms with Gasteiger partial charge in [-0.1, -0.05) is 6.58 Å². The van der Waals surface area contributed by atoms with E-state index in [1.165, 1.54) is 6.92 Å². The van der Waals surface area contributed by atoms with Crippen LogP contribution in [0.15, 0.2) is 12.2 Å². The number of hydrogen-bond acceptors (Lipinski definition) is 2. The summed E-state index contributed by atoms with van der Waals surface area (Å²) in [6, 6.07) is 0. The SMILES string of the molecule is C=C(C)C(=O)O.O=S(O)O.[Na].[Na]. The van der Waals surface area contributed by atoms with Gasteiger partial charge in [-0.25, -0.2) is 4.79 Å². The van der Waals surface area contributed by atoms with Crippen LogP contribution in [-0.4, -0.2) is 83.5 Å². The van der Waals surface area contributed by atoms with Crippen molar-refractivity contribution in [2.24, 2.45) is 0 Å². The Labute approximate surface area is 117 Å². The molecule has 0 saturated carbocycles. The molecular weight excluding hydrogens is 206 g/mol. The fourth-order valence-corrected chi connectivity index (χ4v) is 0. The Morgan fingerprint density at radius 1 is 1.33 bits per heavy atom. The van der Waals surface area contributed by atoms with Gasteiger partial charge in [0.2, 0.25) is 0 Å². The molecule has 0 aliphatic carbocycles. The summed E-state index contributed by atoms with van der Waals surface area (Å²) in [5, 5.41) is 7.89. The number of hydrogen-bond donors (Lipinski definition) is 3. The number of aliphatic carboxylic acids is 1. The molecule has 0 heterocycles. The molecule has 2 radical (unpaired) electrons. The third kappa shape index (κ3) is 42.8. The standard InChI is InChI=1S/C4H6O2.2Na.H2O3S/c1-3(2)4(5)6;;;1-4(2)3/h1H2,2H3,(H,5,6);;;(H2,1,2,3). The minimum Gasteiger partial charge on any atom is -0.478 e. The average molecular weight is 214 g/mol. The Kier molecular flexibility index (Phi) is 28.7. The van der Waals surface area contributed by atoms with Crippen molar-refractivity contribution in [3.8, 4) is 0 Å². The van der Waals surface area contributed by atoms with Crippen LogP contribution < -0.4 is 0 Å². The molecule has 0 rings (SSSR count). The molecule has 0 aliphatic heterocycles. The molecule has 3 N–H and O–H groups in total. The fourth-order valence-electron chi connectivity index (χ4n) is 0. The minimum absolute atomic E-state index is 0. The van der Waals surface area contributed by atoms with Gasteiger partial charge in [0.25, 0.3) is 11.4 Å². The van der Waals surface area contributed by atoms with Crippen LogP contribution in [0.5, 0.6) is 0 Å². The van der Waals surface area contributed by atoms with Crippen molar-refractivity contribution in [3.63, 3.8) is 0 Å². The van der Waals surface area contributed by atoms with E-state index in [0.29, 0.717) is 0 Å². The van der Waals surface area contributed by atoms with Crippen molar-refractivity contribution in [2.75, 3.05) is 0 Å².